The smallest absolute Gasteiger partial charge is 0.247 e. The standard InChI is InChI=1S/C30H35ClN2O10/c1-15(30(38)32-23-24(35)26(37)29-28(25(23)36)39-14-40-29)10-17-6-8-20(9-7-17)42-22-12-21(34)27(43-22)16(2)33-41-13-18-4-3-5-19(31)11-18/h3-11,21-29,34-37H,12-14H2,1-2H3,(H,32,38)/b15-10+,33-16+/t21-,22+,23?,24-,25+,26+,27+,28-,29+/m0/s1. The number of fused-ring (bicyclic) bond motifs is 1. The quantitative estimate of drug-likeness (QED) is 0.158. The monoisotopic (exact) mass is 618 g/mol. The van der Waals surface area contributed by atoms with Crippen molar-refractivity contribution in [3.8, 4) is 5.75 Å². The number of aliphatic hydroxyl groups excluding tert-OH is 4. The molecule has 3 aliphatic rings. The Kier molecular flexibility index (Phi) is 9.99. The summed E-state index contributed by atoms with van der Waals surface area (Å²) >= 11 is 5.99. The highest BCUT2D eigenvalue weighted by Gasteiger charge is 2.53. The van der Waals surface area contributed by atoms with Crippen molar-refractivity contribution in [2.24, 2.45) is 5.16 Å². The number of carbonyl (C=O) groups excluding carboxylic acids is 1. The first-order valence-electron chi connectivity index (χ1n) is 13.9. The third-order valence-corrected chi connectivity index (χ3v) is 7.85. The lowest BCUT2D eigenvalue weighted by Gasteiger charge is -2.41. The Morgan fingerprint density at radius 1 is 1.05 bits per heavy atom. The topological polar surface area (TPSA) is 169 Å². The lowest BCUT2D eigenvalue weighted by Crippen LogP contribution is -2.67. The van der Waals surface area contributed by atoms with Gasteiger partial charge < -0.3 is 49.5 Å². The molecule has 9 atom stereocenters. The lowest BCUT2D eigenvalue weighted by molar-refractivity contribution is -0.155. The summed E-state index contributed by atoms with van der Waals surface area (Å²) in [5.41, 5.74) is 2.34. The van der Waals surface area contributed by atoms with Crippen molar-refractivity contribution < 1.29 is 49.0 Å². The van der Waals surface area contributed by atoms with Gasteiger partial charge in [-0.2, -0.15) is 0 Å². The van der Waals surface area contributed by atoms with E-state index in [0.29, 0.717) is 27.6 Å². The van der Waals surface area contributed by atoms with Crippen LogP contribution in [0.25, 0.3) is 6.08 Å². The Morgan fingerprint density at radius 2 is 1.77 bits per heavy atom. The largest absolute Gasteiger partial charge is 0.465 e. The van der Waals surface area contributed by atoms with E-state index in [2.05, 4.69) is 10.5 Å². The summed E-state index contributed by atoms with van der Waals surface area (Å²) in [5.74, 6) is -0.0272. The van der Waals surface area contributed by atoms with Gasteiger partial charge in [-0.1, -0.05) is 41.0 Å². The normalized spacial score (nSPS) is 32.8. The van der Waals surface area contributed by atoms with E-state index in [-0.39, 0.29) is 19.8 Å². The summed E-state index contributed by atoms with van der Waals surface area (Å²) in [7, 11) is 0. The molecule has 0 aromatic heterocycles. The number of aliphatic hydroxyl groups is 4. The fourth-order valence-corrected chi connectivity index (χ4v) is 5.51. The minimum Gasteiger partial charge on any atom is -0.465 e. The average Bonchev–Trinajstić information content (AvgIpc) is 3.62. The van der Waals surface area contributed by atoms with Gasteiger partial charge in [0, 0.05) is 17.0 Å². The summed E-state index contributed by atoms with van der Waals surface area (Å²) in [4.78, 5) is 18.2. The van der Waals surface area contributed by atoms with Gasteiger partial charge in [0.1, 0.15) is 55.8 Å². The zero-order valence-corrected chi connectivity index (χ0v) is 24.3. The molecule has 5 rings (SSSR count). The fraction of sp³-hybridized carbons (Fsp3) is 0.467. The Hall–Kier alpha value is -3.07. The maximum absolute atomic E-state index is 12.8. The Morgan fingerprint density at radius 3 is 2.49 bits per heavy atom. The summed E-state index contributed by atoms with van der Waals surface area (Å²) in [6, 6.07) is 13.0. The van der Waals surface area contributed by atoms with E-state index >= 15 is 0 Å². The molecule has 232 valence electrons. The van der Waals surface area contributed by atoms with E-state index in [1.54, 1.807) is 56.3 Å². The highest BCUT2D eigenvalue weighted by Crippen LogP contribution is 2.30. The first-order chi connectivity index (χ1) is 20.6. The summed E-state index contributed by atoms with van der Waals surface area (Å²) in [6.07, 6.45) is -6.08. The van der Waals surface area contributed by atoms with Crippen LogP contribution in [0.15, 0.2) is 59.3 Å². The van der Waals surface area contributed by atoms with E-state index in [4.69, 9.17) is 35.4 Å². The van der Waals surface area contributed by atoms with E-state index in [1.165, 1.54) is 0 Å². The molecule has 12 nitrogen and oxygen atoms in total. The maximum atomic E-state index is 12.8. The van der Waals surface area contributed by atoms with Crippen LogP contribution < -0.4 is 10.1 Å². The molecule has 0 radical (unpaired) electrons. The molecule has 1 saturated carbocycles. The molecule has 1 amide bonds. The van der Waals surface area contributed by atoms with Gasteiger partial charge in [0.25, 0.3) is 0 Å². The Labute approximate surface area is 253 Å². The van der Waals surface area contributed by atoms with Gasteiger partial charge in [0.05, 0.1) is 17.9 Å². The van der Waals surface area contributed by atoms with Gasteiger partial charge in [-0.3, -0.25) is 4.79 Å². The number of oxime groups is 1. The van der Waals surface area contributed by atoms with E-state index in [1.807, 2.05) is 12.1 Å². The molecule has 5 N–H and O–H groups in total. The lowest BCUT2D eigenvalue weighted by atomic mass is 9.83. The average molecular weight is 619 g/mol. The van der Waals surface area contributed by atoms with Crippen molar-refractivity contribution in [2.75, 3.05) is 6.79 Å². The summed E-state index contributed by atoms with van der Waals surface area (Å²) in [5, 5.41) is 49.1. The van der Waals surface area contributed by atoms with Crippen LogP contribution in [0.1, 0.15) is 31.4 Å². The highest BCUT2D eigenvalue weighted by molar-refractivity contribution is 6.30. The molecule has 0 spiro atoms. The molecule has 2 aliphatic heterocycles. The SMILES string of the molecule is C/C(=C\c1ccc(O[C@H]2C[C@H](O)[C@@H](/C(C)=N/OCc3cccc(Cl)c3)O2)cc1)C(=O)NC1[C@@H](O)[C@@H]2OCO[C@@H]2[C@H](O)[C@H]1O. The molecular formula is C30H35ClN2O10. The molecule has 13 heteroatoms. The second-order valence-electron chi connectivity index (χ2n) is 10.8. The van der Waals surface area contributed by atoms with Crippen LogP contribution in [0.4, 0.5) is 0 Å². The van der Waals surface area contributed by atoms with Crippen molar-refractivity contribution in [2.45, 2.75) is 81.9 Å². The third kappa shape index (κ3) is 7.36. The first-order valence-corrected chi connectivity index (χ1v) is 14.3. The number of rotatable bonds is 9. The molecule has 43 heavy (non-hydrogen) atoms. The number of benzene rings is 2. The molecule has 2 heterocycles. The third-order valence-electron chi connectivity index (χ3n) is 7.61. The van der Waals surface area contributed by atoms with Gasteiger partial charge in [-0.25, -0.2) is 0 Å². The molecule has 1 aliphatic carbocycles. The molecule has 2 saturated heterocycles. The zero-order chi connectivity index (χ0) is 30.7. The number of hydrogen-bond acceptors (Lipinski definition) is 11. The van der Waals surface area contributed by atoms with Gasteiger partial charge in [-0.15, -0.1) is 0 Å². The molecule has 3 fully saturated rings. The van der Waals surface area contributed by atoms with Crippen LogP contribution in [-0.4, -0.2) is 93.9 Å². The molecular weight excluding hydrogens is 584 g/mol. The predicted molar refractivity (Wildman–Crippen MR) is 154 cm³/mol. The number of nitrogens with one attached hydrogen (secondary N) is 1. The molecule has 2 aromatic carbocycles. The van der Waals surface area contributed by atoms with Crippen molar-refractivity contribution in [1.29, 1.82) is 0 Å². The second kappa shape index (κ2) is 13.7. The van der Waals surface area contributed by atoms with Gasteiger partial charge in [-0.05, 0) is 55.3 Å². The summed E-state index contributed by atoms with van der Waals surface area (Å²) < 4.78 is 22.3. The van der Waals surface area contributed by atoms with Gasteiger partial charge in [0.15, 0.2) is 0 Å². The van der Waals surface area contributed by atoms with Crippen molar-refractivity contribution in [3.05, 3.63) is 70.3 Å². The highest BCUT2D eigenvalue weighted by atomic mass is 35.5. The predicted octanol–water partition coefficient (Wildman–Crippen LogP) is 1.51. The summed E-state index contributed by atoms with van der Waals surface area (Å²) in [6.45, 7) is 3.41. The number of carbonyl (C=O) groups is 1. The van der Waals surface area contributed by atoms with E-state index < -0.39 is 61.0 Å². The Balaban J connectivity index is 1.12. The van der Waals surface area contributed by atoms with Crippen LogP contribution >= 0.6 is 11.6 Å². The van der Waals surface area contributed by atoms with Crippen LogP contribution in [-0.2, 0) is 30.4 Å². The Bertz CT molecular complexity index is 1340. The van der Waals surface area contributed by atoms with Crippen molar-refractivity contribution in [3.63, 3.8) is 0 Å². The second-order valence-corrected chi connectivity index (χ2v) is 11.2. The number of amides is 1. The van der Waals surface area contributed by atoms with Crippen molar-refractivity contribution >= 4 is 29.3 Å². The number of halogens is 1. The molecule has 0 bridgehead atoms. The first kappa shape index (κ1) is 31.4. The van der Waals surface area contributed by atoms with Gasteiger partial charge in [0.2, 0.25) is 12.2 Å². The van der Waals surface area contributed by atoms with Crippen LogP contribution in [0, 0.1) is 0 Å². The molecule has 2 aromatic rings. The fourth-order valence-electron chi connectivity index (χ4n) is 5.30. The van der Waals surface area contributed by atoms with E-state index in [9.17, 15) is 25.2 Å². The van der Waals surface area contributed by atoms with Gasteiger partial charge >= 0.3 is 0 Å². The minimum absolute atomic E-state index is 0.113. The molecule has 1 unspecified atom stereocenters. The van der Waals surface area contributed by atoms with Crippen LogP contribution in [0.3, 0.4) is 0 Å². The number of hydrogen-bond donors (Lipinski definition) is 5. The van der Waals surface area contributed by atoms with E-state index in [0.717, 1.165) is 5.56 Å². The zero-order valence-electron chi connectivity index (χ0n) is 23.6. The minimum atomic E-state index is -1.43. The van der Waals surface area contributed by atoms with Crippen LogP contribution in [0.5, 0.6) is 5.75 Å². The number of nitrogens with zero attached hydrogens (tertiary/aromatic N) is 1. The number of ether oxygens (including phenoxy) is 4. The maximum Gasteiger partial charge on any atom is 0.247 e. The van der Waals surface area contributed by atoms with Crippen molar-refractivity contribution in [1.82, 2.24) is 5.32 Å². The van der Waals surface area contributed by atoms with Crippen LogP contribution in [0.2, 0.25) is 5.02 Å².